The highest BCUT2D eigenvalue weighted by molar-refractivity contribution is 9.10. The topological polar surface area (TPSA) is 75.1 Å². The van der Waals surface area contributed by atoms with Crippen molar-refractivity contribution >= 4 is 38.7 Å². The third-order valence-electron chi connectivity index (χ3n) is 4.05. The first-order valence-electron chi connectivity index (χ1n) is 8.32. The van der Waals surface area contributed by atoms with Crippen LogP contribution in [0.1, 0.15) is 22.8 Å². The molecule has 2 aromatic carbocycles. The lowest BCUT2D eigenvalue weighted by Gasteiger charge is -2.12. The summed E-state index contributed by atoms with van der Waals surface area (Å²) in [7, 11) is 1.55. The quantitative estimate of drug-likeness (QED) is 0.338. The van der Waals surface area contributed by atoms with Gasteiger partial charge in [0.25, 0.3) is 0 Å². The van der Waals surface area contributed by atoms with Crippen molar-refractivity contribution < 1.29 is 14.3 Å². The van der Waals surface area contributed by atoms with Crippen LogP contribution in [-0.4, -0.2) is 24.5 Å². The summed E-state index contributed by atoms with van der Waals surface area (Å²) < 4.78 is 11.6. The van der Waals surface area contributed by atoms with E-state index in [-0.39, 0.29) is 11.4 Å². The number of nitrogens with zero attached hydrogens (tertiary/aromatic N) is 1. The van der Waals surface area contributed by atoms with Crippen LogP contribution in [0.15, 0.2) is 52.6 Å². The molecule has 0 radical (unpaired) electrons. The maximum Gasteiger partial charge on any atom is 0.205 e. The summed E-state index contributed by atoms with van der Waals surface area (Å²) in [5.41, 5.74) is 2.02. The second kappa shape index (κ2) is 8.11. The number of hydrogen-bond acceptors (Lipinski definition) is 4. The predicted molar refractivity (Wildman–Crippen MR) is 108 cm³/mol. The van der Waals surface area contributed by atoms with Gasteiger partial charge in [0.2, 0.25) is 5.78 Å². The molecule has 0 saturated carbocycles. The molecule has 0 unspecified atom stereocenters. The predicted octanol–water partition coefficient (Wildman–Crippen LogP) is 5.13. The van der Waals surface area contributed by atoms with Crippen LogP contribution in [0.4, 0.5) is 0 Å². The number of carbonyl (C=O) groups is 1. The highest BCUT2D eigenvalue weighted by Crippen LogP contribution is 2.37. The first kappa shape index (κ1) is 18.7. The van der Waals surface area contributed by atoms with Crippen LogP contribution >= 0.6 is 15.9 Å². The number of H-pyrrole nitrogens is 1. The molecular formula is C21H17BrN2O3. The minimum atomic E-state index is -0.333. The van der Waals surface area contributed by atoms with Crippen molar-refractivity contribution in [1.29, 1.82) is 5.26 Å². The second-order valence-electron chi connectivity index (χ2n) is 5.71. The lowest BCUT2D eigenvalue weighted by atomic mass is 10.0. The molecule has 0 fully saturated rings. The molecule has 0 aliphatic heterocycles. The minimum absolute atomic E-state index is 0.0410. The maximum atomic E-state index is 12.9. The number of rotatable bonds is 6. The number of para-hydroxylation sites is 1. The van der Waals surface area contributed by atoms with E-state index in [2.05, 4.69) is 20.9 Å². The van der Waals surface area contributed by atoms with Gasteiger partial charge >= 0.3 is 0 Å². The third kappa shape index (κ3) is 3.74. The zero-order valence-corrected chi connectivity index (χ0v) is 16.5. The normalized spacial score (nSPS) is 11.3. The van der Waals surface area contributed by atoms with Gasteiger partial charge in [-0.2, -0.15) is 5.26 Å². The van der Waals surface area contributed by atoms with Crippen molar-refractivity contribution in [3.05, 3.63) is 63.8 Å². The largest absolute Gasteiger partial charge is 0.492 e. The van der Waals surface area contributed by atoms with E-state index in [0.717, 1.165) is 10.9 Å². The summed E-state index contributed by atoms with van der Waals surface area (Å²) in [6, 6.07) is 13.0. The van der Waals surface area contributed by atoms with Crippen LogP contribution in [0.3, 0.4) is 0 Å². The van der Waals surface area contributed by atoms with E-state index < -0.39 is 0 Å². The Morgan fingerprint density at radius 1 is 1.33 bits per heavy atom. The highest BCUT2D eigenvalue weighted by atomic mass is 79.9. The molecule has 1 heterocycles. The Hall–Kier alpha value is -3.04. The Labute approximate surface area is 165 Å². The number of hydrogen-bond donors (Lipinski definition) is 1. The lowest BCUT2D eigenvalue weighted by Crippen LogP contribution is -2.01. The average Bonchev–Trinajstić information content (AvgIpc) is 3.10. The Morgan fingerprint density at radius 2 is 2.11 bits per heavy atom. The van der Waals surface area contributed by atoms with Gasteiger partial charge in [0.05, 0.1) is 18.2 Å². The number of nitriles is 1. The first-order valence-corrected chi connectivity index (χ1v) is 9.11. The molecule has 5 nitrogen and oxygen atoms in total. The van der Waals surface area contributed by atoms with Crippen LogP contribution in [0.5, 0.6) is 11.5 Å². The molecule has 0 amide bonds. The molecular weight excluding hydrogens is 408 g/mol. The number of methoxy groups -OCH3 is 1. The van der Waals surface area contributed by atoms with Gasteiger partial charge in [-0.1, -0.05) is 18.2 Å². The van der Waals surface area contributed by atoms with Gasteiger partial charge in [-0.15, -0.1) is 0 Å². The second-order valence-corrected chi connectivity index (χ2v) is 6.57. The number of fused-ring (bicyclic) bond motifs is 1. The molecule has 3 aromatic rings. The van der Waals surface area contributed by atoms with E-state index >= 15 is 0 Å². The van der Waals surface area contributed by atoms with Crippen molar-refractivity contribution in [2.75, 3.05) is 13.7 Å². The standard InChI is InChI=1S/C21H17BrN2O3/c1-3-27-19-10-13(9-17(22)21(19)26-2)8-14(11-23)20(25)16-12-24-18-7-5-4-6-15(16)18/h4-10,12,24H,3H2,1-2H3/b14-8+. The molecule has 1 aromatic heterocycles. The fourth-order valence-electron chi connectivity index (χ4n) is 2.85. The Kier molecular flexibility index (Phi) is 5.63. The van der Waals surface area contributed by atoms with Crippen molar-refractivity contribution in [3.63, 3.8) is 0 Å². The SMILES string of the molecule is CCOc1cc(/C=C(\C#N)C(=O)c2c[nH]c3ccccc23)cc(Br)c1OC. The van der Waals surface area contributed by atoms with Gasteiger partial charge in [-0.05, 0) is 52.7 Å². The summed E-state index contributed by atoms with van der Waals surface area (Å²) in [5.74, 6) is 0.771. The molecule has 136 valence electrons. The summed E-state index contributed by atoms with van der Waals surface area (Å²) in [5, 5.41) is 10.3. The minimum Gasteiger partial charge on any atom is -0.492 e. The Balaban J connectivity index is 2.04. The van der Waals surface area contributed by atoms with Gasteiger partial charge in [0.15, 0.2) is 11.5 Å². The van der Waals surface area contributed by atoms with E-state index in [0.29, 0.717) is 33.7 Å². The number of aromatic nitrogens is 1. The molecule has 3 rings (SSSR count). The van der Waals surface area contributed by atoms with E-state index in [9.17, 15) is 10.1 Å². The van der Waals surface area contributed by atoms with E-state index in [1.807, 2.05) is 37.3 Å². The molecule has 0 bridgehead atoms. The zero-order chi connectivity index (χ0) is 19.4. The first-order chi connectivity index (χ1) is 13.1. The Morgan fingerprint density at radius 3 is 2.81 bits per heavy atom. The van der Waals surface area contributed by atoms with Crippen LogP contribution in [0.2, 0.25) is 0 Å². The van der Waals surface area contributed by atoms with Crippen molar-refractivity contribution in [2.45, 2.75) is 6.92 Å². The van der Waals surface area contributed by atoms with Crippen molar-refractivity contribution in [3.8, 4) is 17.6 Å². The van der Waals surface area contributed by atoms with E-state index in [1.165, 1.54) is 0 Å². The molecule has 6 heteroatoms. The lowest BCUT2D eigenvalue weighted by molar-refractivity contribution is 0.104. The monoisotopic (exact) mass is 424 g/mol. The Bertz CT molecular complexity index is 1080. The summed E-state index contributed by atoms with van der Waals surface area (Å²) >= 11 is 3.44. The number of carbonyl (C=O) groups excluding carboxylic acids is 1. The number of aromatic amines is 1. The number of benzene rings is 2. The maximum absolute atomic E-state index is 12.9. The number of Topliss-reactive ketones (excluding diaryl/α,β-unsaturated/α-hetero) is 1. The van der Waals surface area contributed by atoms with Crippen molar-refractivity contribution in [1.82, 2.24) is 4.98 Å². The summed E-state index contributed by atoms with van der Waals surface area (Å²) in [6.07, 6.45) is 3.19. The van der Waals surface area contributed by atoms with Crippen LogP contribution in [-0.2, 0) is 0 Å². The molecule has 0 aliphatic rings. The number of halogens is 1. The molecule has 27 heavy (non-hydrogen) atoms. The van der Waals surface area contributed by atoms with Gasteiger partial charge in [0.1, 0.15) is 11.6 Å². The molecule has 1 N–H and O–H groups in total. The molecule has 0 spiro atoms. The number of ketones is 1. The molecule has 0 atom stereocenters. The fraction of sp³-hybridized carbons (Fsp3) is 0.143. The molecule has 0 saturated heterocycles. The van der Waals surface area contributed by atoms with E-state index in [4.69, 9.17) is 9.47 Å². The van der Waals surface area contributed by atoms with E-state index in [1.54, 1.807) is 31.5 Å². The van der Waals surface area contributed by atoms with Crippen LogP contribution in [0, 0.1) is 11.3 Å². The number of nitrogens with one attached hydrogen (secondary N) is 1. The van der Waals surface area contributed by atoms with Gasteiger partial charge in [0, 0.05) is 22.7 Å². The van der Waals surface area contributed by atoms with Crippen molar-refractivity contribution in [2.24, 2.45) is 0 Å². The number of ether oxygens (including phenoxy) is 2. The summed E-state index contributed by atoms with van der Waals surface area (Å²) in [4.78, 5) is 16.0. The van der Waals surface area contributed by atoms with Gasteiger partial charge in [-0.25, -0.2) is 0 Å². The van der Waals surface area contributed by atoms with Gasteiger partial charge in [-0.3, -0.25) is 4.79 Å². The molecule has 0 aliphatic carbocycles. The van der Waals surface area contributed by atoms with Crippen LogP contribution < -0.4 is 9.47 Å². The third-order valence-corrected chi connectivity index (χ3v) is 4.63. The average molecular weight is 425 g/mol. The van der Waals surface area contributed by atoms with Crippen LogP contribution in [0.25, 0.3) is 17.0 Å². The highest BCUT2D eigenvalue weighted by Gasteiger charge is 2.17. The van der Waals surface area contributed by atoms with Gasteiger partial charge < -0.3 is 14.5 Å². The zero-order valence-electron chi connectivity index (χ0n) is 14.9. The summed E-state index contributed by atoms with van der Waals surface area (Å²) in [6.45, 7) is 2.34. The smallest absolute Gasteiger partial charge is 0.205 e. The fourth-order valence-corrected chi connectivity index (χ4v) is 3.47. The number of allylic oxidation sites excluding steroid dienone is 1.